The Hall–Kier alpha value is -2.39. The normalized spacial score (nSPS) is 17.2. The summed E-state index contributed by atoms with van der Waals surface area (Å²) in [5.41, 5.74) is 5.81. The minimum absolute atomic E-state index is 0.229. The highest BCUT2D eigenvalue weighted by Crippen LogP contribution is 2.39. The second-order valence-electron chi connectivity index (χ2n) is 8.62. The molecule has 1 atom stereocenters. The Kier molecular flexibility index (Phi) is 6.72. The molecule has 0 aromatic heterocycles. The molecule has 0 aliphatic carbocycles. The molecule has 1 fully saturated rings. The van der Waals surface area contributed by atoms with Gasteiger partial charge in [0.15, 0.2) is 9.84 Å². The monoisotopic (exact) mass is 468 g/mol. The number of alkyl halides is 3. The van der Waals surface area contributed by atoms with E-state index in [0.29, 0.717) is 37.6 Å². The predicted octanol–water partition coefficient (Wildman–Crippen LogP) is 4.20. The second kappa shape index (κ2) is 8.86. The SMILES string of the molecule is CC(C)(C1CCN(C(=O)[C@@H](N)c2ccccc2)CC1)S(=O)(=O)c1cccc(C(F)(F)F)c1. The van der Waals surface area contributed by atoms with Gasteiger partial charge in [-0.15, -0.1) is 0 Å². The summed E-state index contributed by atoms with van der Waals surface area (Å²) in [6.45, 7) is 3.76. The molecule has 2 N–H and O–H groups in total. The lowest BCUT2D eigenvalue weighted by atomic mass is 9.85. The van der Waals surface area contributed by atoms with Crippen molar-refractivity contribution in [1.29, 1.82) is 0 Å². The number of amides is 1. The maximum Gasteiger partial charge on any atom is 0.416 e. The van der Waals surface area contributed by atoms with E-state index in [4.69, 9.17) is 5.73 Å². The summed E-state index contributed by atoms with van der Waals surface area (Å²) in [4.78, 5) is 14.1. The van der Waals surface area contributed by atoms with Crippen LogP contribution in [0.5, 0.6) is 0 Å². The highest BCUT2D eigenvalue weighted by Gasteiger charge is 2.45. The van der Waals surface area contributed by atoms with E-state index in [2.05, 4.69) is 0 Å². The molecule has 0 spiro atoms. The van der Waals surface area contributed by atoms with Crippen molar-refractivity contribution in [1.82, 2.24) is 4.90 Å². The molecular weight excluding hydrogens is 441 g/mol. The number of hydrogen-bond acceptors (Lipinski definition) is 4. The molecule has 32 heavy (non-hydrogen) atoms. The number of rotatable bonds is 5. The number of nitrogens with two attached hydrogens (primary N) is 1. The van der Waals surface area contributed by atoms with Crippen molar-refractivity contribution in [3.63, 3.8) is 0 Å². The van der Waals surface area contributed by atoms with Crippen LogP contribution in [0.2, 0.25) is 0 Å². The number of piperidine rings is 1. The number of nitrogens with zero attached hydrogens (tertiary/aromatic N) is 1. The first-order chi connectivity index (χ1) is 14.9. The van der Waals surface area contributed by atoms with Crippen LogP contribution in [0, 0.1) is 5.92 Å². The van der Waals surface area contributed by atoms with Gasteiger partial charge in [-0.3, -0.25) is 4.79 Å². The van der Waals surface area contributed by atoms with Crippen molar-refractivity contribution in [2.45, 2.75) is 48.5 Å². The molecule has 9 heteroatoms. The molecule has 1 heterocycles. The maximum absolute atomic E-state index is 13.3. The van der Waals surface area contributed by atoms with Gasteiger partial charge >= 0.3 is 6.18 Å². The number of halogens is 3. The van der Waals surface area contributed by atoms with Crippen molar-refractivity contribution in [3.05, 3.63) is 65.7 Å². The molecule has 0 unspecified atom stereocenters. The molecule has 0 saturated carbocycles. The van der Waals surface area contributed by atoms with Gasteiger partial charge in [0.1, 0.15) is 6.04 Å². The predicted molar refractivity (Wildman–Crippen MR) is 115 cm³/mol. The van der Waals surface area contributed by atoms with Gasteiger partial charge in [-0.1, -0.05) is 36.4 Å². The highest BCUT2D eigenvalue weighted by atomic mass is 32.2. The van der Waals surface area contributed by atoms with Gasteiger partial charge in [0.25, 0.3) is 0 Å². The van der Waals surface area contributed by atoms with Gasteiger partial charge in [0.05, 0.1) is 15.2 Å². The Balaban J connectivity index is 1.73. The number of likely N-dealkylation sites (tertiary alicyclic amines) is 1. The van der Waals surface area contributed by atoms with Gasteiger partial charge in [0.2, 0.25) is 5.91 Å². The van der Waals surface area contributed by atoms with E-state index in [1.807, 2.05) is 6.07 Å². The Morgan fingerprint density at radius 1 is 1.03 bits per heavy atom. The molecule has 0 radical (unpaired) electrons. The van der Waals surface area contributed by atoms with Crippen molar-refractivity contribution < 1.29 is 26.4 Å². The quantitative estimate of drug-likeness (QED) is 0.713. The van der Waals surface area contributed by atoms with Crippen LogP contribution in [0.25, 0.3) is 0 Å². The molecule has 0 bridgehead atoms. The summed E-state index contributed by atoms with van der Waals surface area (Å²) >= 11 is 0. The smallest absolute Gasteiger partial charge is 0.341 e. The average molecular weight is 469 g/mol. The topological polar surface area (TPSA) is 80.5 Å². The summed E-state index contributed by atoms with van der Waals surface area (Å²) in [6, 6.07) is 12.0. The van der Waals surface area contributed by atoms with Crippen LogP contribution in [0.15, 0.2) is 59.5 Å². The van der Waals surface area contributed by atoms with E-state index in [1.54, 1.807) is 43.0 Å². The summed E-state index contributed by atoms with van der Waals surface area (Å²) < 4.78 is 64.5. The van der Waals surface area contributed by atoms with Crippen LogP contribution < -0.4 is 5.73 Å². The molecule has 1 saturated heterocycles. The number of carbonyl (C=O) groups excluding carboxylic acids is 1. The first-order valence-corrected chi connectivity index (χ1v) is 11.8. The number of benzene rings is 2. The number of carbonyl (C=O) groups is 1. The van der Waals surface area contributed by atoms with E-state index in [9.17, 15) is 26.4 Å². The second-order valence-corrected chi connectivity index (χ2v) is 11.2. The van der Waals surface area contributed by atoms with Gasteiger partial charge in [0, 0.05) is 13.1 Å². The average Bonchev–Trinajstić information content (AvgIpc) is 2.78. The fraction of sp³-hybridized carbons (Fsp3) is 0.435. The lowest BCUT2D eigenvalue weighted by Crippen LogP contribution is -2.49. The van der Waals surface area contributed by atoms with Crippen LogP contribution in [0.1, 0.15) is 43.9 Å². The Morgan fingerprint density at radius 3 is 2.19 bits per heavy atom. The fourth-order valence-corrected chi connectivity index (χ4v) is 5.98. The first-order valence-electron chi connectivity index (χ1n) is 10.4. The molecule has 174 valence electrons. The van der Waals surface area contributed by atoms with Crippen molar-refractivity contribution in [2.24, 2.45) is 11.7 Å². The molecular formula is C23H27F3N2O3S. The Labute approximate surface area is 186 Å². The maximum atomic E-state index is 13.3. The zero-order chi connectivity index (χ0) is 23.7. The third-order valence-corrected chi connectivity index (χ3v) is 8.97. The van der Waals surface area contributed by atoms with E-state index in [0.717, 1.165) is 12.1 Å². The summed E-state index contributed by atoms with van der Waals surface area (Å²) in [5, 5.41) is 0. The van der Waals surface area contributed by atoms with Gasteiger partial charge in [-0.05, 0) is 56.4 Å². The summed E-state index contributed by atoms with van der Waals surface area (Å²) in [7, 11) is -4.05. The van der Waals surface area contributed by atoms with E-state index >= 15 is 0 Å². The Bertz CT molecular complexity index is 1060. The molecule has 2 aromatic carbocycles. The number of sulfone groups is 1. The first kappa shape index (κ1) is 24.3. The zero-order valence-corrected chi connectivity index (χ0v) is 18.8. The lowest BCUT2D eigenvalue weighted by molar-refractivity contribution is -0.137. The molecule has 3 rings (SSSR count). The standard InChI is InChI=1S/C23H27F3N2O3S/c1-22(2,32(30,31)19-10-6-9-18(15-19)23(24,25)26)17-11-13-28(14-12-17)21(29)20(27)16-7-4-3-5-8-16/h3-10,15,17,20H,11-14,27H2,1-2H3/t20-/m0/s1. The third-order valence-electron chi connectivity index (χ3n) is 6.38. The lowest BCUT2D eigenvalue weighted by Gasteiger charge is -2.40. The zero-order valence-electron chi connectivity index (χ0n) is 18.0. The van der Waals surface area contributed by atoms with Gasteiger partial charge in [-0.25, -0.2) is 8.42 Å². The largest absolute Gasteiger partial charge is 0.416 e. The summed E-state index contributed by atoms with van der Waals surface area (Å²) in [5.74, 6) is -0.549. The van der Waals surface area contributed by atoms with Crippen molar-refractivity contribution in [3.8, 4) is 0 Å². The molecule has 5 nitrogen and oxygen atoms in total. The summed E-state index contributed by atoms with van der Waals surface area (Å²) in [6.07, 6.45) is -3.80. The fourth-order valence-electron chi connectivity index (χ4n) is 4.16. The highest BCUT2D eigenvalue weighted by molar-refractivity contribution is 7.92. The van der Waals surface area contributed by atoms with E-state index in [-0.39, 0.29) is 16.7 Å². The third kappa shape index (κ3) is 4.68. The van der Waals surface area contributed by atoms with E-state index < -0.39 is 32.4 Å². The minimum Gasteiger partial charge on any atom is -0.341 e. The Morgan fingerprint density at radius 2 is 1.62 bits per heavy atom. The molecule has 1 amide bonds. The van der Waals surface area contributed by atoms with Gasteiger partial charge < -0.3 is 10.6 Å². The van der Waals surface area contributed by atoms with E-state index in [1.165, 1.54) is 6.07 Å². The van der Waals surface area contributed by atoms with Crippen molar-refractivity contribution in [2.75, 3.05) is 13.1 Å². The minimum atomic E-state index is -4.63. The van der Waals surface area contributed by atoms with Crippen LogP contribution in [-0.4, -0.2) is 37.1 Å². The van der Waals surface area contributed by atoms with Crippen molar-refractivity contribution >= 4 is 15.7 Å². The molecule has 2 aromatic rings. The van der Waals surface area contributed by atoms with Gasteiger partial charge in [-0.2, -0.15) is 13.2 Å². The molecule has 1 aliphatic heterocycles. The van der Waals surface area contributed by atoms with Crippen LogP contribution in [-0.2, 0) is 20.8 Å². The molecule has 1 aliphatic rings. The van der Waals surface area contributed by atoms with Crippen LogP contribution in [0.4, 0.5) is 13.2 Å². The number of hydrogen-bond donors (Lipinski definition) is 1. The van der Waals surface area contributed by atoms with Crippen LogP contribution >= 0.6 is 0 Å². The van der Waals surface area contributed by atoms with Crippen LogP contribution in [0.3, 0.4) is 0 Å².